The van der Waals surface area contributed by atoms with E-state index in [0.717, 1.165) is 19.8 Å². The predicted octanol–water partition coefficient (Wildman–Crippen LogP) is -0.802. The molecule has 0 aliphatic heterocycles. The van der Waals surface area contributed by atoms with Crippen LogP contribution < -0.4 is 5.32 Å². The van der Waals surface area contributed by atoms with Gasteiger partial charge in [-0.05, 0) is 19.3 Å². The monoisotopic (exact) mass is 146 g/mol. The normalized spacial score (nSPS) is 11.0. The largest absolute Gasteiger partial charge is 0.308 e. The van der Waals surface area contributed by atoms with Gasteiger partial charge in [0.2, 0.25) is 0 Å². The van der Waals surface area contributed by atoms with Crippen LogP contribution in [0.3, 0.4) is 0 Å². The van der Waals surface area contributed by atoms with Crippen molar-refractivity contribution < 1.29 is 0 Å². The first-order valence-electron chi connectivity index (χ1n) is 3.78. The molecule has 1 N–H and O–H groups in total. The second kappa shape index (κ2) is 6.26. The molecule has 0 aromatic rings. The summed E-state index contributed by atoms with van der Waals surface area (Å²) < 4.78 is 0. The van der Waals surface area contributed by atoms with Gasteiger partial charge in [-0.1, -0.05) is 13.8 Å². The second-order valence-electron chi connectivity index (χ2n) is 2.06. The fraction of sp³-hybridized carbons (Fsp3) is 1.00. The van der Waals surface area contributed by atoms with Crippen LogP contribution in [0, 0.1) is 0 Å². The number of nitrogens with one attached hydrogen (secondary N) is 1. The Bertz CT molecular complexity index is 55.0. The molecule has 0 bridgehead atoms. The Hall–Kier alpha value is 0.137. The lowest BCUT2D eigenvalue weighted by atomic mass is 10.5. The van der Waals surface area contributed by atoms with Crippen LogP contribution in [0.5, 0.6) is 0 Å². The SMILES string of the molecule is CCN(CC)CNC[SiH3]. The first kappa shape index (κ1) is 9.14. The van der Waals surface area contributed by atoms with Crippen molar-refractivity contribution in [3.8, 4) is 0 Å². The first-order chi connectivity index (χ1) is 4.35. The Balaban J connectivity index is 3.09. The molecule has 0 saturated heterocycles. The molecule has 2 nitrogen and oxygen atoms in total. The van der Waals surface area contributed by atoms with Crippen molar-refractivity contribution in [1.29, 1.82) is 0 Å². The lowest BCUT2D eigenvalue weighted by molar-refractivity contribution is 0.286. The maximum atomic E-state index is 3.34. The standard InChI is InChI=1S/C6H18N2Si/c1-3-8(4-2)5-7-6-9/h7H,3-6H2,1-2,9H3. The zero-order valence-corrected chi connectivity index (χ0v) is 8.78. The maximum Gasteiger partial charge on any atom is 0.0477 e. The smallest absolute Gasteiger partial charge is 0.0477 e. The van der Waals surface area contributed by atoms with E-state index in [4.69, 9.17) is 0 Å². The van der Waals surface area contributed by atoms with E-state index in [-0.39, 0.29) is 0 Å². The molecular weight excluding hydrogens is 128 g/mol. The van der Waals surface area contributed by atoms with Crippen LogP contribution in [-0.2, 0) is 0 Å². The Labute approximate surface area is 61.0 Å². The topological polar surface area (TPSA) is 15.3 Å². The van der Waals surface area contributed by atoms with E-state index in [1.54, 1.807) is 0 Å². The van der Waals surface area contributed by atoms with Crippen LogP contribution in [0.15, 0.2) is 0 Å². The summed E-state index contributed by atoms with van der Waals surface area (Å²) in [5.41, 5.74) is 0. The first-order valence-corrected chi connectivity index (χ1v) is 5.19. The summed E-state index contributed by atoms with van der Waals surface area (Å²) in [6.07, 6.45) is 1.20. The van der Waals surface area contributed by atoms with Crippen molar-refractivity contribution >= 4 is 10.2 Å². The van der Waals surface area contributed by atoms with Crippen molar-refractivity contribution in [3.63, 3.8) is 0 Å². The highest BCUT2D eigenvalue weighted by Gasteiger charge is 1.93. The van der Waals surface area contributed by atoms with Crippen LogP contribution in [-0.4, -0.2) is 41.1 Å². The van der Waals surface area contributed by atoms with Crippen molar-refractivity contribution in [1.82, 2.24) is 10.2 Å². The highest BCUT2D eigenvalue weighted by Crippen LogP contribution is 1.80. The molecule has 0 fully saturated rings. The second-order valence-corrected chi connectivity index (χ2v) is 2.77. The third kappa shape index (κ3) is 4.63. The summed E-state index contributed by atoms with van der Waals surface area (Å²) in [6.45, 7) is 7.77. The van der Waals surface area contributed by atoms with Gasteiger partial charge in [-0.15, -0.1) is 0 Å². The van der Waals surface area contributed by atoms with Gasteiger partial charge in [-0.25, -0.2) is 0 Å². The fourth-order valence-corrected chi connectivity index (χ4v) is 0.941. The van der Waals surface area contributed by atoms with Crippen LogP contribution in [0.2, 0.25) is 0 Å². The maximum absolute atomic E-state index is 3.34. The fourth-order valence-electron chi connectivity index (χ4n) is 0.717. The molecule has 0 heterocycles. The van der Waals surface area contributed by atoms with Gasteiger partial charge in [0.15, 0.2) is 0 Å². The molecule has 0 aliphatic rings. The molecule has 0 aromatic heterocycles. The highest BCUT2D eigenvalue weighted by molar-refractivity contribution is 6.08. The third-order valence-corrected chi connectivity index (χ3v) is 1.98. The molecular formula is C6H18N2Si. The summed E-state index contributed by atoms with van der Waals surface area (Å²) >= 11 is 0. The van der Waals surface area contributed by atoms with Crippen molar-refractivity contribution in [2.75, 3.05) is 25.9 Å². The van der Waals surface area contributed by atoms with E-state index in [1.807, 2.05) is 0 Å². The Kier molecular flexibility index (Phi) is 6.35. The van der Waals surface area contributed by atoms with Crippen molar-refractivity contribution in [2.24, 2.45) is 0 Å². The van der Waals surface area contributed by atoms with Crippen LogP contribution in [0.4, 0.5) is 0 Å². The molecule has 3 heteroatoms. The zero-order valence-electron chi connectivity index (χ0n) is 6.78. The van der Waals surface area contributed by atoms with Gasteiger partial charge in [-0.3, -0.25) is 4.90 Å². The van der Waals surface area contributed by atoms with Crippen LogP contribution in [0.1, 0.15) is 13.8 Å². The summed E-state index contributed by atoms with van der Waals surface area (Å²) in [4.78, 5) is 2.37. The highest BCUT2D eigenvalue weighted by atomic mass is 28.1. The molecule has 0 unspecified atom stereocenters. The van der Waals surface area contributed by atoms with E-state index in [9.17, 15) is 0 Å². The summed E-state index contributed by atoms with van der Waals surface area (Å²) in [6, 6.07) is 0. The Morgan fingerprint density at radius 3 is 2.22 bits per heavy atom. The summed E-state index contributed by atoms with van der Waals surface area (Å²) in [5.74, 6) is 0. The third-order valence-electron chi connectivity index (χ3n) is 1.48. The number of hydrogen-bond donors (Lipinski definition) is 1. The summed E-state index contributed by atoms with van der Waals surface area (Å²) in [7, 11) is 1.26. The van der Waals surface area contributed by atoms with E-state index in [2.05, 4.69) is 24.1 Å². The average Bonchev–Trinajstić information content (AvgIpc) is 1.91. The zero-order chi connectivity index (χ0) is 7.11. The van der Waals surface area contributed by atoms with Gasteiger partial charge in [0.05, 0.1) is 0 Å². The molecule has 0 radical (unpaired) electrons. The lowest BCUT2D eigenvalue weighted by Gasteiger charge is -2.17. The molecule has 0 aromatic carbocycles. The van der Waals surface area contributed by atoms with Gasteiger partial charge < -0.3 is 5.32 Å². The number of hydrogen-bond acceptors (Lipinski definition) is 2. The predicted molar refractivity (Wildman–Crippen MR) is 45.7 cm³/mol. The molecule has 0 spiro atoms. The van der Waals surface area contributed by atoms with E-state index in [0.29, 0.717) is 0 Å². The minimum atomic E-state index is 1.07. The van der Waals surface area contributed by atoms with Gasteiger partial charge in [0, 0.05) is 16.9 Å². The van der Waals surface area contributed by atoms with E-state index in [1.165, 1.54) is 16.4 Å². The van der Waals surface area contributed by atoms with Gasteiger partial charge >= 0.3 is 0 Å². The molecule has 0 amide bonds. The van der Waals surface area contributed by atoms with Crippen LogP contribution in [0.25, 0.3) is 0 Å². The molecule has 0 saturated carbocycles. The molecule has 0 rings (SSSR count). The summed E-state index contributed by atoms with van der Waals surface area (Å²) in [5, 5.41) is 3.34. The Morgan fingerprint density at radius 2 is 1.89 bits per heavy atom. The number of nitrogens with zero attached hydrogens (tertiary/aromatic N) is 1. The van der Waals surface area contributed by atoms with Crippen molar-refractivity contribution in [3.05, 3.63) is 0 Å². The van der Waals surface area contributed by atoms with E-state index >= 15 is 0 Å². The average molecular weight is 146 g/mol. The number of rotatable bonds is 5. The van der Waals surface area contributed by atoms with Gasteiger partial charge in [0.1, 0.15) is 0 Å². The molecule has 0 atom stereocenters. The minimum absolute atomic E-state index is 1.07. The molecule has 56 valence electrons. The molecule has 0 aliphatic carbocycles. The quantitative estimate of drug-likeness (QED) is 0.403. The lowest BCUT2D eigenvalue weighted by Crippen LogP contribution is -2.34. The van der Waals surface area contributed by atoms with Crippen molar-refractivity contribution in [2.45, 2.75) is 13.8 Å². The minimum Gasteiger partial charge on any atom is -0.308 e. The van der Waals surface area contributed by atoms with E-state index < -0.39 is 0 Å². The van der Waals surface area contributed by atoms with Gasteiger partial charge in [0.25, 0.3) is 0 Å². The van der Waals surface area contributed by atoms with Gasteiger partial charge in [-0.2, -0.15) is 0 Å². The van der Waals surface area contributed by atoms with Crippen LogP contribution >= 0.6 is 0 Å². The molecule has 9 heavy (non-hydrogen) atoms. The Morgan fingerprint density at radius 1 is 1.33 bits per heavy atom.